The van der Waals surface area contributed by atoms with Crippen molar-refractivity contribution in [1.29, 1.82) is 0 Å². The molecule has 0 radical (unpaired) electrons. The minimum atomic E-state index is 0.465. The summed E-state index contributed by atoms with van der Waals surface area (Å²) in [4.78, 5) is 29.2. The number of pyridine rings is 3. The first-order valence-corrected chi connectivity index (χ1v) is 19.3. The molecule has 0 spiro atoms. The van der Waals surface area contributed by atoms with Crippen molar-refractivity contribution in [2.75, 3.05) is 0 Å². The highest BCUT2D eigenvalue weighted by Gasteiger charge is 2.16. The number of hydrogen-bond donors (Lipinski definition) is 0. The monoisotopic (exact) mass is 708 g/mol. The Balaban J connectivity index is 1.22. The molecule has 7 aromatic rings. The lowest BCUT2D eigenvalue weighted by atomic mass is 9.96. The van der Waals surface area contributed by atoms with Gasteiger partial charge in [-0.3, -0.25) is 15.0 Å². The molecule has 0 aliphatic heterocycles. The summed E-state index contributed by atoms with van der Waals surface area (Å²) in [6.45, 7) is 13.4. The fourth-order valence-corrected chi connectivity index (χ4v) is 6.53. The van der Waals surface area contributed by atoms with Gasteiger partial charge in [0.15, 0.2) is 17.5 Å². The minimum absolute atomic E-state index is 0.465. The number of aromatic nitrogens is 6. The largest absolute Gasteiger partial charge is 0.252 e. The smallest absolute Gasteiger partial charge is 0.182 e. The summed E-state index contributed by atoms with van der Waals surface area (Å²) in [5.41, 5.74) is 12.5. The molecule has 3 aromatic carbocycles. The van der Waals surface area contributed by atoms with Gasteiger partial charge in [-0.1, -0.05) is 133 Å². The Morgan fingerprint density at radius 3 is 0.778 bits per heavy atom. The van der Waals surface area contributed by atoms with Gasteiger partial charge in [0.1, 0.15) is 17.1 Å². The van der Waals surface area contributed by atoms with Crippen LogP contribution in [0, 0.1) is 0 Å². The summed E-state index contributed by atoms with van der Waals surface area (Å²) in [5.74, 6) is 2.99. The van der Waals surface area contributed by atoms with Crippen molar-refractivity contribution in [1.82, 2.24) is 29.9 Å². The summed E-state index contributed by atoms with van der Waals surface area (Å²) in [7, 11) is 0. The predicted molar refractivity (Wildman–Crippen MR) is 222 cm³/mol. The maximum absolute atomic E-state index is 4.90. The van der Waals surface area contributed by atoms with E-state index in [0.717, 1.165) is 52.6 Å². The van der Waals surface area contributed by atoms with Gasteiger partial charge in [-0.25, -0.2) is 15.0 Å². The average molecular weight is 709 g/mol. The van der Waals surface area contributed by atoms with Crippen molar-refractivity contribution in [3.8, 4) is 67.9 Å². The van der Waals surface area contributed by atoms with E-state index in [1.807, 2.05) is 36.8 Å². The third-order valence-corrected chi connectivity index (χ3v) is 10.9. The van der Waals surface area contributed by atoms with Crippen LogP contribution >= 0.6 is 0 Å². The highest BCUT2D eigenvalue weighted by atomic mass is 15.1. The Hall–Kier alpha value is -5.88. The maximum atomic E-state index is 4.90. The Morgan fingerprint density at radius 1 is 0.333 bits per heavy atom. The second-order valence-corrected chi connectivity index (χ2v) is 14.4. The second kappa shape index (κ2) is 16.4. The Morgan fingerprint density at radius 2 is 0.574 bits per heavy atom. The normalized spacial score (nSPS) is 13.0. The third-order valence-electron chi connectivity index (χ3n) is 10.9. The van der Waals surface area contributed by atoms with Crippen LogP contribution in [0.2, 0.25) is 0 Å². The van der Waals surface area contributed by atoms with Crippen LogP contribution < -0.4 is 0 Å². The number of benzene rings is 3. The first kappa shape index (κ1) is 36.5. The minimum Gasteiger partial charge on any atom is -0.252 e. The zero-order valence-electron chi connectivity index (χ0n) is 32.2. The van der Waals surface area contributed by atoms with Crippen LogP contribution in [0.5, 0.6) is 0 Å². The van der Waals surface area contributed by atoms with Crippen LogP contribution in [0.25, 0.3) is 67.9 Å². The number of hydrogen-bond acceptors (Lipinski definition) is 6. The standard InChI is InChI=1S/C48H48N6/c1-7-31(4)34-10-16-37(17-11-34)40-22-25-43(49-28-40)46-52-47(44-26-23-41(29-50-44)38-18-12-35(13-19-38)32(5)8-2)54-48(53-46)45-27-24-42(30-51-45)39-20-14-36(15-21-39)33(6)9-3/h10-33H,7-9H2,1-6H3. The first-order chi connectivity index (χ1) is 26.3. The van der Waals surface area contributed by atoms with Crippen LogP contribution in [0.3, 0.4) is 0 Å². The Bertz CT molecular complexity index is 2000. The molecule has 4 aromatic heterocycles. The molecule has 6 heteroatoms. The summed E-state index contributed by atoms with van der Waals surface area (Å²) >= 11 is 0. The highest BCUT2D eigenvalue weighted by Crippen LogP contribution is 2.30. The molecule has 4 heterocycles. The zero-order valence-corrected chi connectivity index (χ0v) is 32.2. The summed E-state index contributed by atoms with van der Waals surface area (Å²) in [6, 6.07) is 38.4. The molecule has 0 N–H and O–H groups in total. The van der Waals surface area contributed by atoms with E-state index in [-0.39, 0.29) is 0 Å². The molecule has 3 atom stereocenters. The highest BCUT2D eigenvalue weighted by molar-refractivity contribution is 5.70. The lowest BCUT2D eigenvalue weighted by Crippen LogP contribution is -2.03. The second-order valence-electron chi connectivity index (χ2n) is 14.4. The molecule has 0 amide bonds. The van der Waals surface area contributed by atoms with Gasteiger partial charge in [0.2, 0.25) is 0 Å². The quantitative estimate of drug-likeness (QED) is 0.126. The van der Waals surface area contributed by atoms with Crippen molar-refractivity contribution in [3.05, 3.63) is 144 Å². The average Bonchev–Trinajstić information content (AvgIpc) is 3.25. The number of nitrogens with zero attached hydrogens (tertiary/aromatic N) is 6. The van der Waals surface area contributed by atoms with E-state index in [1.165, 1.54) is 16.7 Å². The fourth-order valence-electron chi connectivity index (χ4n) is 6.53. The molecule has 6 nitrogen and oxygen atoms in total. The topological polar surface area (TPSA) is 77.3 Å². The molecule has 54 heavy (non-hydrogen) atoms. The molecule has 0 saturated heterocycles. The van der Waals surface area contributed by atoms with Crippen molar-refractivity contribution in [3.63, 3.8) is 0 Å². The van der Waals surface area contributed by atoms with Crippen LogP contribution in [0.1, 0.15) is 95.2 Å². The van der Waals surface area contributed by atoms with Crippen molar-refractivity contribution < 1.29 is 0 Å². The molecular weight excluding hydrogens is 661 g/mol. The SMILES string of the molecule is CCC(C)c1ccc(-c2ccc(-c3nc(-c4ccc(-c5ccc(C(C)CC)cc5)cn4)nc(-c4ccc(-c5ccc(C(C)CC)cc5)cn4)n3)nc2)cc1. The van der Waals surface area contributed by atoms with Gasteiger partial charge < -0.3 is 0 Å². The summed E-state index contributed by atoms with van der Waals surface area (Å²) < 4.78 is 0. The molecule has 0 aliphatic rings. The van der Waals surface area contributed by atoms with Gasteiger partial charge in [0.25, 0.3) is 0 Å². The summed E-state index contributed by atoms with van der Waals surface area (Å²) in [5, 5.41) is 0. The lowest BCUT2D eigenvalue weighted by Gasteiger charge is -2.11. The van der Waals surface area contributed by atoms with E-state index in [4.69, 9.17) is 29.9 Å². The van der Waals surface area contributed by atoms with Gasteiger partial charge >= 0.3 is 0 Å². The van der Waals surface area contributed by atoms with E-state index in [9.17, 15) is 0 Å². The zero-order chi connectivity index (χ0) is 37.6. The van der Waals surface area contributed by atoms with Gasteiger partial charge in [-0.2, -0.15) is 0 Å². The van der Waals surface area contributed by atoms with E-state index >= 15 is 0 Å². The van der Waals surface area contributed by atoms with Crippen molar-refractivity contribution >= 4 is 0 Å². The molecule has 7 rings (SSSR count). The van der Waals surface area contributed by atoms with Gasteiger partial charge in [0, 0.05) is 35.3 Å². The Labute approximate surface area is 319 Å². The van der Waals surface area contributed by atoms with E-state index in [1.54, 1.807) is 0 Å². The van der Waals surface area contributed by atoms with Gasteiger partial charge in [-0.05, 0) is 88.6 Å². The molecule has 0 aliphatic carbocycles. The molecule has 0 bridgehead atoms. The number of rotatable bonds is 12. The van der Waals surface area contributed by atoms with E-state index in [2.05, 4.69) is 133 Å². The fraction of sp³-hybridized carbons (Fsp3) is 0.250. The molecule has 0 fully saturated rings. The maximum Gasteiger partial charge on any atom is 0.182 e. The van der Waals surface area contributed by atoms with Crippen LogP contribution in [0.15, 0.2) is 128 Å². The summed E-state index contributed by atoms with van der Waals surface area (Å²) in [6.07, 6.45) is 9.00. The van der Waals surface area contributed by atoms with Gasteiger partial charge in [0.05, 0.1) is 0 Å². The third kappa shape index (κ3) is 8.03. The van der Waals surface area contributed by atoms with Crippen molar-refractivity contribution in [2.24, 2.45) is 0 Å². The van der Waals surface area contributed by atoms with Crippen LogP contribution in [-0.4, -0.2) is 29.9 Å². The Kier molecular flexibility index (Phi) is 11.1. The van der Waals surface area contributed by atoms with Crippen molar-refractivity contribution in [2.45, 2.75) is 78.6 Å². The molecule has 270 valence electrons. The van der Waals surface area contributed by atoms with Crippen LogP contribution in [-0.2, 0) is 0 Å². The van der Waals surface area contributed by atoms with E-state index < -0.39 is 0 Å². The van der Waals surface area contributed by atoms with Gasteiger partial charge in [-0.15, -0.1) is 0 Å². The first-order valence-electron chi connectivity index (χ1n) is 19.3. The molecule has 0 saturated carbocycles. The molecular formula is C48H48N6. The van der Waals surface area contributed by atoms with E-state index in [0.29, 0.717) is 52.3 Å². The predicted octanol–water partition coefficient (Wildman–Crippen LogP) is 12.6. The lowest BCUT2D eigenvalue weighted by molar-refractivity contribution is 0.734. The molecule has 3 unspecified atom stereocenters. The van der Waals surface area contributed by atoms with Crippen LogP contribution in [0.4, 0.5) is 0 Å².